The van der Waals surface area contributed by atoms with Gasteiger partial charge in [-0.2, -0.15) is 13.2 Å². The van der Waals surface area contributed by atoms with Gasteiger partial charge in [0.1, 0.15) is 5.71 Å². The van der Waals surface area contributed by atoms with E-state index in [1.54, 1.807) is 22.6 Å². The minimum atomic E-state index is -4.57. The highest BCUT2D eigenvalue weighted by Crippen LogP contribution is 2.35. The van der Waals surface area contributed by atoms with Crippen LogP contribution in [-0.2, 0) is 12.7 Å². The fourth-order valence-corrected chi connectivity index (χ4v) is 4.79. The van der Waals surface area contributed by atoms with E-state index in [9.17, 15) is 18.0 Å². The van der Waals surface area contributed by atoms with Crippen molar-refractivity contribution in [1.29, 1.82) is 0 Å². The number of carbonyl (C=O) groups is 1. The molecule has 5 rings (SSSR count). The van der Waals surface area contributed by atoms with E-state index in [2.05, 4.69) is 27.4 Å². The van der Waals surface area contributed by atoms with E-state index in [1.165, 1.54) is 12.1 Å². The molecular formula is C31H27ClF3N5O. The van der Waals surface area contributed by atoms with E-state index in [-0.39, 0.29) is 23.4 Å². The minimum Gasteiger partial charge on any atom is -0.322 e. The first-order valence-corrected chi connectivity index (χ1v) is 13.5. The van der Waals surface area contributed by atoms with E-state index in [0.29, 0.717) is 43.9 Å². The summed E-state index contributed by atoms with van der Waals surface area (Å²) in [6, 6.07) is 8.91. The van der Waals surface area contributed by atoms with Crippen LogP contribution in [0.3, 0.4) is 0 Å². The first-order valence-electron chi connectivity index (χ1n) is 13.1. The molecule has 0 aromatic heterocycles. The van der Waals surface area contributed by atoms with E-state index >= 15 is 0 Å². The molecule has 2 aromatic carbocycles. The van der Waals surface area contributed by atoms with Gasteiger partial charge in [0.05, 0.1) is 11.3 Å². The van der Waals surface area contributed by atoms with Crippen LogP contribution in [-0.4, -0.2) is 52.8 Å². The van der Waals surface area contributed by atoms with Crippen LogP contribution in [0.2, 0.25) is 0 Å². The highest BCUT2D eigenvalue weighted by atomic mass is 35.5. The number of aryl methyl sites for hydroxylation is 1. The van der Waals surface area contributed by atoms with Crippen LogP contribution in [0.25, 0.3) is 0 Å². The van der Waals surface area contributed by atoms with Gasteiger partial charge < -0.3 is 5.32 Å². The number of amides is 1. The van der Waals surface area contributed by atoms with Crippen LogP contribution in [0, 0.1) is 18.8 Å². The molecular weight excluding hydrogens is 551 g/mol. The van der Waals surface area contributed by atoms with Gasteiger partial charge in [0, 0.05) is 56.0 Å². The first-order chi connectivity index (χ1) is 19.7. The zero-order valence-electron chi connectivity index (χ0n) is 22.3. The highest BCUT2D eigenvalue weighted by molar-refractivity contribution is 6.17. The topological polar surface area (TPSA) is 60.3 Å². The number of carbonyl (C=O) groups excluding carboxylic acids is 1. The fraction of sp³-hybridized carbons (Fsp3) is 0.258. The van der Waals surface area contributed by atoms with Crippen molar-refractivity contribution < 1.29 is 18.0 Å². The number of nitrogens with zero attached hydrogens (tertiary/aromatic N) is 4. The molecule has 2 heterocycles. The van der Waals surface area contributed by atoms with Gasteiger partial charge in [0.25, 0.3) is 5.91 Å². The lowest BCUT2D eigenvalue weighted by Crippen LogP contribution is -2.42. The number of nitrogens with one attached hydrogen (secondary N) is 1. The summed E-state index contributed by atoms with van der Waals surface area (Å²) in [5.74, 6) is 5.59. The van der Waals surface area contributed by atoms with Gasteiger partial charge in [-0.3, -0.25) is 9.69 Å². The molecule has 41 heavy (non-hydrogen) atoms. The predicted octanol–water partition coefficient (Wildman–Crippen LogP) is 6.14. The Morgan fingerprint density at radius 1 is 1.02 bits per heavy atom. The van der Waals surface area contributed by atoms with Gasteiger partial charge in [0.2, 0.25) is 0 Å². The summed E-state index contributed by atoms with van der Waals surface area (Å²) >= 11 is 5.97. The Kier molecular flexibility index (Phi) is 8.54. The normalized spacial score (nSPS) is 17.4. The van der Waals surface area contributed by atoms with Crippen LogP contribution >= 0.6 is 11.8 Å². The second-order valence-electron chi connectivity index (χ2n) is 9.93. The number of halogens is 4. The Morgan fingerprint density at radius 3 is 2.61 bits per heavy atom. The number of allylic oxidation sites excluding steroid dienone is 6. The number of fused-ring (bicyclic) bond motifs is 1. The average Bonchev–Trinajstić information content (AvgIpc) is 3.19. The summed E-state index contributed by atoms with van der Waals surface area (Å²) in [6.07, 6.45) is 5.60. The lowest BCUT2D eigenvalue weighted by Gasteiger charge is -2.31. The van der Waals surface area contributed by atoms with Crippen molar-refractivity contribution in [2.45, 2.75) is 26.1 Å². The monoisotopic (exact) mass is 577 g/mol. The molecule has 1 saturated heterocycles. The number of anilines is 1. The molecule has 10 heteroatoms. The second kappa shape index (κ2) is 12.3. The van der Waals surface area contributed by atoms with Crippen molar-refractivity contribution in [3.05, 3.63) is 100 Å². The maximum atomic E-state index is 13.9. The summed E-state index contributed by atoms with van der Waals surface area (Å²) in [4.78, 5) is 15.0. The molecule has 1 aliphatic carbocycles. The van der Waals surface area contributed by atoms with Crippen LogP contribution in [0.1, 0.15) is 39.0 Å². The van der Waals surface area contributed by atoms with Crippen LogP contribution in [0.5, 0.6) is 0 Å². The lowest BCUT2D eigenvalue weighted by molar-refractivity contribution is -0.138. The molecule has 1 N–H and O–H groups in total. The quantitative estimate of drug-likeness (QED) is 0.351. The van der Waals surface area contributed by atoms with Crippen molar-refractivity contribution in [3.8, 4) is 11.8 Å². The Morgan fingerprint density at radius 2 is 1.83 bits per heavy atom. The SMILES string of the molecule is Cc1ccc(C(=O)Nc2ccc(CN3CCN(Cl)CC3)c(C(F)(F)F)c2)cc1C#CC1=NN=C2C=CC=CC=C2C1. The molecule has 0 atom stereocenters. The maximum absolute atomic E-state index is 13.9. The van der Waals surface area contributed by atoms with Crippen LogP contribution in [0.15, 0.2) is 82.6 Å². The maximum Gasteiger partial charge on any atom is 0.416 e. The van der Waals surface area contributed by atoms with Crippen molar-refractivity contribution >= 4 is 34.8 Å². The third kappa shape index (κ3) is 7.22. The smallest absolute Gasteiger partial charge is 0.322 e. The summed E-state index contributed by atoms with van der Waals surface area (Å²) < 4.78 is 43.5. The molecule has 0 spiro atoms. The Balaban J connectivity index is 1.32. The Bertz CT molecular complexity index is 1570. The third-order valence-electron chi connectivity index (χ3n) is 6.97. The molecule has 2 aliphatic heterocycles. The first kappa shape index (κ1) is 28.6. The molecule has 1 amide bonds. The average molecular weight is 578 g/mol. The molecule has 210 valence electrons. The zero-order valence-corrected chi connectivity index (χ0v) is 23.1. The van der Waals surface area contributed by atoms with Gasteiger partial charge in [-0.1, -0.05) is 42.4 Å². The molecule has 0 saturated carbocycles. The Labute approximate surface area is 241 Å². The van der Waals surface area contributed by atoms with Gasteiger partial charge in [-0.25, -0.2) is 4.42 Å². The molecule has 0 unspecified atom stereocenters. The molecule has 1 fully saturated rings. The largest absolute Gasteiger partial charge is 0.416 e. The van der Waals surface area contributed by atoms with Gasteiger partial charge >= 0.3 is 6.18 Å². The standard InChI is InChI=1S/C31H27ClF3N5O/c1-21-7-8-24(17-22(21)9-12-27-18-23-5-3-2-4-6-29(23)38-37-27)30(41)36-26-11-10-25(28(19-26)31(33,34)35)20-39-13-15-40(32)16-14-39/h2-8,10-11,17,19H,13-16,18,20H2,1H3,(H,36,41). The second-order valence-corrected chi connectivity index (χ2v) is 10.4. The number of piperazine rings is 1. The van der Waals surface area contributed by atoms with Gasteiger partial charge in [-0.05, 0) is 71.7 Å². The fourth-order valence-electron chi connectivity index (χ4n) is 4.64. The highest BCUT2D eigenvalue weighted by Gasteiger charge is 2.34. The molecule has 6 nitrogen and oxygen atoms in total. The van der Waals surface area contributed by atoms with Crippen LogP contribution < -0.4 is 5.32 Å². The molecule has 3 aliphatic rings. The predicted molar refractivity (Wildman–Crippen MR) is 156 cm³/mol. The van der Waals surface area contributed by atoms with Gasteiger partial charge in [0.15, 0.2) is 0 Å². The molecule has 0 radical (unpaired) electrons. The summed E-state index contributed by atoms with van der Waals surface area (Å²) in [6.45, 7) is 4.33. The van der Waals surface area contributed by atoms with E-state index in [0.717, 1.165) is 22.9 Å². The van der Waals surface area contributed by atoms with Crippen LogP contribution in [0.4, 0.5) is 18.9 Å². The number of alkyl halides is 3. The van der Waals surface area contributed by atoms with Crippen molar-refractivity contribution in [2.24, 2.45) is 10.2 Å². The number of rotatable bonds is 4. The van der Waals surface area contributed by atoms with E-state index < -0.39 is 17.6 Å². The molecule has 2 aromatic rings. The van der Waals surface area contributed by atoms with E-state index in [4.69, 9.17) is 11.8 Å². The number of hydrogen-bond acceptors (Lipinski definition) is 5. The number of benzene rings is 2. The van der Waals surface area contributed by atoms with Gasteiger partial charge in [-0.15, -0.1) is 10.2 Å². The summed E-state index contributed by atoms with van der Waals surface area (Å²) in [5, 5.41) is 11.1. The third-order valence-corrected chi connectivity index (χ3v) is 7.30. The lowest BCUT2D eigenvalue weighted by atomic mass is 10.0. The Hall–Kier alpha value is -3.97. The number of hydrogen-bond donors (Lipinski definition) is 1. The van der Waals surface area contributed by atoms with Crippen molar-refractivity contribution in [3.63, 3.8) is 0 Å². The van der Waals surface area contributed by atoms with Crippen molar-refractivity contribution in [2.75, 3.05) is 31.5 Å². The summed E-state index contributed by atoms with van der Waals surface area (Å²) in [7, 11) is 0. The molecule has 0 bridgehead atoms. The van der Waals surface area contributed by atoms with Crippen molar-refractivity contribution in [1.82, 2.24) is 9.32 Å². The zero-order chi connectivity index (χ0) is 29.0. The minimum absolute atomic E-state index is 0.0647. The van der Waals surface area contributed by atoms with E-state index in [1.807, 2.05) is 42.2 Å². The summed E-state index contributed by atoms with van der Waals surface area (Å²) in [5.41, 5.74) is 3.61.